The number of nitrogens with two attached hydrogens (primary N) is 1. The predicted octanol–water partition coefficient (Wildman–Crippen LogP) is 1.84. The fourth-order valence-electron chi connectivity index (χ4n) is 1.28. The third kappa shape index (κ3) is 7.15. The number of hydrogen-bond donors (Lipinski definition) is 2. The minimum absolute atomic E-state index is 0. The summed E-state index contributed by atoms with van der Waals surface area (Å²) in [6.07, 6.45) is 2.92. The van der Waals surface area contributed by atoms with Crippen molar-refractivity contribution in [2.45, 2.75) is 25.8 Å². The zero-order valence-corrected chi connectivity index (χ0v) is 11.4. The van der Waals surface area contributed by atoms with Crippen molar-refractivity contribution in [2.24, 2.45) is 5.73 Å². The summed E-state index contributed by atoms with van der Waals surface area (Å²) in [5.41, 5.74) is 6.20. The highest BCUT2D eigenvalue weighted by molar-refractivity contribution is 5.85. The van der Waals surface area contributed by atoms with Crippen molar-refractivity contribution < 1.29 is 4.79 Å². The Labute approximate surface area is 114 Å². The third-order valence-electron chi connectivity index (χ3n) is 2.12. The highest BCUT2D eigenvalue weighted by Crippen LogP contribution is 2.07. The number of aromatic nitrogens is 1. The number of halogens is 2. The van der Waals surface area contributed by atoms with E-state index in [1.165, 1.54) is 0 Å². The molecule has 1 aromatic heterocycles. The van der Waals surface area contributed by atoms with Crippen LogP contribution in [-0.2, 0) is 4.79 Å². The van der Waals surface area contributed by atoms with E-state index in [-0.39, 0.29) is 36.8 Å². The Morgan fingerprint density at radius 2 is 2.18 bits per heavy atom. The molecular weight excluding hydrogens is 261 g/mol. The first-order valence-corrected chi connectivity index (χ1v) is 5.14. The van der Waals surface area contributed by atoms with Crippen molar-refractivity contribution in [1.29, 1.82) is 0 Å². The van der Waals surface area contributed by atoms with Gasteiger partial charge in [-0.15, -0.1) is 24.8 Å². The predicted molar refractivity (Wildman–Crippen MR) is 73.6 cm³/mol. The van der Waals surface area contributed by atoms with Crippen molar-refractivity contribution in [3.05, 3.63) is 30.1 Å². The molecule has 0 aromatic carbocycles. The van der Waals surface area contributed by atoms with E-state index in [1.54, 1.807) is 6.20 Å². The second kappa shape index (κ2) is 10.3. The first-order valence-electron chi connectivity index (χ1n) is 5.14. The molecule has 17 heavy (non-hydrogen) atoms. The van der Waals surface area contributed by atoms with Gasteiger partial charge in [0, 0.05) is 12.6 Å². The Balaban J connectivity index is 0. The molecule has 1 atom stereocenters. The highest BCUT2D eigenvalue weighted by atomic mass is 35.5. The number of nitrogens with one attached hydrogen (secondary N) is 1. The Hall–Kier alpha value is -0.840. The molecule has 0 radical (unpaired) electrons. The number of nitrogens with zero attached hydrogens (tertiary/aromatic N) is 1. The van der Waals surface area contributed by atoms with Gasteiger partial charge in [-0.2, -0.15) is 0 Å². The smallest absolute Gasteiger partial charge is 0.220 e. The molecule has 1 aromatic rings. The SMILES string of the molecule is CC(NC(=O)CCCN)c1ccccn1.Cl.Cl. The monoisotopic (exact) mass is 279 g/mol. The minimum atomic E-state index is -0.0449. The second-order valence-electron chi connectivity index (χ2n) is 3.44. The lowest BCUT2D eigenvalue weighted by Gasteiger charge is -2.12. The fourth-order valence-corrected chi connectivity index (χ4v) is 1.28. The van der Waals surface area contributed by atoms with E-state index in [0.717, 1.165) is 12.1 Å². The van der Waals surface area contributed by atoms with Crippen LogP contribution in [0.25, 0.3) is 0 Å². The van der Waals surface area contributed by atoms with Gasteiger partial charge in [-0.05, 0) is 32.0 Å². The molecule has 3 N–H and O–H groups in total. The maximum Gasteiger partial charge on any atom is 0.220 e. The zero-order chi connectivity index (χ0) is 11.1. The second-order valence-corrected chi connectivity index (χ2v) is 3.44. The van der Waals surface area contributed by atoms with Gasteiger partial charge in [-0.3, -0.25) is 9.78 Å². The van der Waals surface area contributed by atoms with Crippen LogP contribution in [0.4, 0.5) is 0 Å². The Bertz CT molecular complexity index is 309. The van der Waals surface area contributed by atoms with Gasteiger partial charge < -0.3 is 11.1 Å². The largest absolute Gasteiger partial charge is 0.348 e. The standard InChI is InChI=1S/C11H17N3O.2ClH/c1-9(10-5-2-3-8-13-10)14-11(15)6-4-7-12;;/h2-3,5,8-9H,4,6-7,12H2,1H3,(H,14,15);2*1H. The van der Waals surface area contributed by atoms with Crippen LogP contribution >= 0.6 is 24.8 Å². The lowest BCUT2D eigenvalue weighted by atomic mass is 10.2. The third-order valence-corrected chi connectivity index (χ3v) is 2.12. The van der Waals surface area contributed by atoms with Crippen LogP contribution in [0.2, 0.25) is 0 Å². The topological polar surface area (TPSA) is 68.0 Å². The molecule has 1 rings (SSSR count). The van der Waals surface area contributed by atoms with Gasteiger partial charge in [-0.1, -0.05) is 6.07 Å². The van der Waals surface area contributed by atoms with E-state index >= 15 is 0 Å². The molecule has 0 fully saturated rings. The van der Waals surface area contributed by atoms with Crippen molar-refractivity contribution in [3.63, 3.8) is 0 Å². The molecule has 1 amide bonds. The first-order chi connectivity index (χ1) is 7.24. The summed E-state index contributed by atoms with van der Waals surface area (Å²) in [5, 5.41) is 2.87. The van der Waals surface area contributed by atoms with Crippen LogP contribution < -0.4 is 11.1 Å². The van der Waals surface area contributed by atoms with Gasteiger partial charge in [0.1, 0.15) is 0 Å². The van der Waals surface area contributed by atoms with E-state index in [1.807, 2.05) is 25.1 Å². The van der Waals surface area contributed by atoms with E-state index in [4.69, 9.17) is 5.73 Å². The van der Waals surface area contributed by atoms with Crippen LogP contribution in [0.1, 0.15) is 31.5 Å². The quantitative estimate of drug-likeness (QED) is 0.864. The van der Waals surface area contributed by atoms with Crippen molar-refractivity contribution in [1.82, 2.24) is 10.3 Å². The van der Waals surface area contributed by atoms with Crippen LogP contribution in [0, 0.1) is 0 Å². The normalized spacial score (nSPS) is 10.7. The number of hydrogen-bond acceptors (Lipinski definition) is 3. The van der Waals surface area contributed by atoms with Crippen molar-refractivity contribution >= 4 is 30.7 Å². The van der Waals surface area contributed by atoms with Crippen LogP contribution in [0.15, 0.2) is 24.4 Å². The Kier molecular flexibility index (Phi) is 11.2. The molecule has 1 heterocycles. The van der Waals surface area contributed by atoms with Crippen LogP contribution in [0.5, 0.6) is 0 Å². The first kappa shape index (κ1) is 18.5. The minimum Gasteiger partial charge on any atom is -0.348 e. The molecule has 4 nitrogen and oxygen atoms in total. The molecule has 0 aliphatic carbocycles. The molecule has 98 valence electrons. The van der Waals surface area contributed by atoms with Crippen molar-refractivity contribution in [2.75, 3.05) is 6.54 Å². The van der Waals surface area contributed by atoms with Crippen LogP contribution in [-0.4, -0.2) is 17.4 Å². The number of carbonyl (C=O) groups excluding carboxylic acids is 1. The van der Waals surface area contributed by atoms with Gasteiger partial charge >= 0.3 is 0 Å². The van der Waals surface area contributed by atoms with Gasteiger partial charge in [-0.25, -0.2) is 0 Å². The number of carbonyl (C=O) groups is 1. The highest BCUT2D eigenvalue weighted by Gasteiger charge is 2.09. The van der Waals surface area contributed by atoms with Crippen molar-refractivity contribution in [3.8, 4) is 0 Å². The number of rotatable bonds is 5. The van der Waals surface area contributed by atoms with Gasteiger partial charge in [0.25, 0.3) is 0 Å². The average Bonchev–Trinajstić information content (AvgIpc) is 2.27. The molecule has 0 saturated carbocycles. The Morgan fingerprint density at radius 3 is 2.71 bits per heavy atom. The van der Waals surface area contributed by atoms with E-state index in [0.29, 0.717) is 13.0 Å². The summed E-state index contributed by atoms with van der Waals surface area (Å²) in [4.78, 5) is 15.6. The van der Waals surface area contributed by atoms with Crippen LogP contribution in [0.3, 0.4) is 0 Å². The lowest BCUT2D eigenvalue weighted by molar-refractivity contribution is -0.121. The maximum absolute atomic E-state index is 11.4. The zero-order valence-electron chi connectivity index (χ0n) is 9.76. The molecule has 0 spiro atoms. The van der Waals surface area contributed by atoms with E-state index in [2.05, 4.69) is 10.3 Å². The fraction of sp³-hybridized carbons (Fsp3) is 0.455. The van der Waals surface area contributed by atoms with Gasteiger partial charge in [0.15, 0.2) is 0 Å². The summed E-state index contributed by atoms with van der Waals surface area (Å²) in [6, 6.07) is 5.61. The molecule has 0 saturated heterocycles. The summed E-state index contributed by atoms with van der Waals surface area (Å²) in [5.74, 6) is 0.0265. The average molecular weight is 280 g/mol. The molecule has 0 bridgehead atoms. The molecule has 6 heteroatoms. The lowest BCUT2D eigenvalue weighted by Crippen LogP contribution is -2.27. The summed E-state index contributed by atoms with van der Waals surface area (Å²) in [7, 11) is 0. The van der Waals surface area contributed by atoms with E-state index < -0.39 is 0 Å². The maximum atomic E-state index is 11.4. The van der Waals surface area contributed by atoms with E-state index in [9.17, 15) is 4.79 Å². The summed E-state index contributed by atoms with van der Waals surface area (Å²) >= 11 is 0. The Morgan fingerprint density at radius 1 is 1.47 bits per heavy atom. The summed E-state index contributed by atoms with van der Waals surface area (Å²) < 4.78 is 0. The number of amides is 1. The molecule has 0 aliphatic rings. The molecular formula is C11H19Cl2N3O. The van der Waals surface area contributed by atoms with Gasteiger partial charge in [0.2, 0.25) is 5.91 Å². The summed E-state index contributed by atoms with van der Waals surface area (Å²) in [6.45, 7) is 2.47. The number of pyridine rings is 1. The molecule has 1 unspecified atom stereocenters. The van der Waals surface area contributed by atoms with Gasteiger partial charge in [0.05, 0.1) is 11.7 Å². The molecule has 0 aliphatic heterocycles.